The number of hydrogen-bond donors (Lipinski definition) is 1. The molecule has 2 bridgehead atoms. The van der Waals surface area contributed by atoms with E-state index in [4.69, 9.17) is 4.98 Å². The smallest absolute Gasteiger partial charge is 0.251 e. The van der Waals surface area contributed by atoms with Crippen LogP contribution in [0.15, 0.2) is 42.9 Å². The zero-order valence-corrected chi connectivity index (χ0v) is 18.1. The number of piperazine rings is 1. The van der Waals surface area contributed by atoms with Crippen LogP contribution in [0.4, 0.5) is 11.5 Å². The van der Waals surface area contributed by atoms with Crippen molar-refractivity contribution in [3.8, 4) is 17.5 Å². The van der Waals surface area contributed by atoms with E-state index in [0.29, 0.717) is 22.8 Å². The number of piperidine rings is 2. The van der Waals surface area contributed by atoms with Crippen molar-refractivity contribution in [1.82, 2.24) is 25.1 Å². The fourth-order valence-electron chi connectivity index (χ4n) is 4.72. The molecule has 2 aromatic heterocycles. The number of amides is 1. The molecular weight excluding hydrogens is 404 g/mol. The highest BCUT2D eigenvalue weighted by Gasteiger charge is 2.40. The van der Waals surface area contributed by atoms with Crippen LogP contribution in [0.5, 0.6) is 0 Å². The van der Waals surface area contributed by atoms with Crippen LogP contribution in [-0.4, -0.2) is 57.9 Å². The van der Waals surface area contributed by atoms with E-state index < -0.39 is 0 Å². The Balaban J connectivity index is 1.44. The van der Waals surface area contributed by atoms with Gasteiger partial charge >= 0.3 is 0 Å². The highest BCUT2D eigenvalue weighted by Crippen LogP contribution is 2.36. The van der Waals surface area contributed by atoms with E-state index in [1.807, 2.05) is 31.4 Å². The Morgan fingerprint density at radius 3 is 2.62 bits per heavy atom. The van der Waals surface area contributed by atoms with Crippen molar-refractivity contribution >= 4 is 17.4 Å². The van der Waals surface area contributed by atoms with Crippen LogP contribution in [0, 0.1) is 11.3 Å². The van der Waals surface area contributed by atoms with Crippen molar-refractivity contribution in [2.75, 3.05) is 29.9 Å². The van der Waals surface area contributed by atoms with Gasteiger partial charge in [-0.1, -0.05) is 6.07 Å². The number of aromatic nitrogens is 4. The van der Waals surface area contributed by atoms with Crippen molar-refractivity contribution in [2.45, 2.75) is 24.9 Å². The van der Waals surface area contributed by atoms with E-state index in [-0.39, 0.29) is 18.0 Å². The standard InChI is InChI=1S/C23H24N8O/c1-25-23(32)15-4-3-5-18(8-15)30-13-20-7-6-19(30)14-31(20)22-16(9-24)10-26-21(28-22)17-11-27-29(2)12-17/h3-5,8,10-12,19-20H,6-7,13-14H2,1-2H3,(H,25,32)/t19-,20-/m0/s1. The van der Waals surface area contributed by atoms with E-state index in [0.717, 1.165) is 37.2 Å². The lowest BCUT2D eigenvalue weighted by Crippen LogP contribution is -2.63. The maximum atomic E-state index is 12.1. The number of carbonyl (C=O) groups excluding carboxylic acids is 1. The first-order valence-electron chi connectivity index (χ1n) is 10.7. The second-order valence-electron chi connectivity index (χ2n) is 8.26. The third-order valence-corrected chi connectivity index (χ3v) is 6.32. The van der Waals surface area contributed by atoms with E-state index in [1.165, 1.54) is 0 Å². The Hall–Kier alpha value is -3.93. The molecule has 5 heterocycles. The molecule has 3 aliphatic heterocycles. The first-order valence-corrected chi connectivity index (χ1v) is 10.7. The Kier molecular flexibility index (Phi) is 4.98. The van der Waals surface area contributed by atoms with Gasteiger partial charge in [-0.05, 0) is 31.0 Å². The summed E-state index contributed by atoms with van der Waals surface area (Å²) < 4.78 is 1.71. The van der Waals surface area contributed by atoms with Crippen molar-refractivity contribution in [1.29, 1.82) is 5.26 Å². The maximum absolute atomic E-state index is 12.1. The highest BCUT2D eigenvalue weighted by atomic mass is 16.1. The summed E-state index contributed by atoms with van der Waals surface area (Å²) in [5.74, 6) is 1.18. The Bertz CT molecular complexity index is 1210. The summed E-state index contributed by atoms with van der Waals surface area (Å²) in [6.07, 6.45) is 7.31. The minimum Gasteiger partial charge on any atom is -0.365 e. The highest BCUT2D eigenvalue weighted by molar-refractivity contribution is 5.95. The second-order valence-corrected chi connectivity index (χ2v) is 8.26. The molecular formula is C23H24N8O. The molecule has 3 aliphatic rings. The predicted molar refractivity (Wildman–Crippen MR) is 120 cm³/mol. The van der Waals surface area contributed by atoms with Gasteiger partial charge in [0.2, 0.25) is 0 Å². The van der Waals surface area contributed by atoms with Crippen LogP contribution in [0.1, 0.15) is 28.8 Å². The molecule has 0 aliphatic carbocycles. The SMILES string of the molecule is CNC(=O)c1cccc(N2C[C@@H]3CC[C@H]2CN3c2nc(-c3cnn(C)c3)ncc2C#N)c1. The average molecular weight is 429 g/mol. The number of carbonyl (C=O) groups is 1. The maximum Gasteiger partial charge on any atom is 0.251 e. The summed E-state index contributed by atoms with van der Waals surface area (Å²) in [7, 11) is 3.50. The van der Waals surface area contributed by atoms with Gasteiger partial charge in [0, 0.05) is 56.7 Å². The molecule has 0 radical (unpaired) electrons. The number of hydrogen-bond acceptors (Lipinski definition) is 7. The molecule has 0 saturated carbocycles. The van der Waals surface area contributed by atoms with Crippen LogP contribution in [0.25, 0.3) is 11.4 Å². The van der Waals surface area contributed by atoms with E-state index in [2.05, 4.69) is 37.3 Å². The molecule has 162 valence electrons. The topological polar surface area (TPSA) is 103 Å². The molecule has 9 nitrogen and oxygen atoms in total. The molecule has 32 heavy (non-hydrogen) atoms. The Morgan fingerprint density at radius 1 is 1.19 bits per heavy atom. The number of rotatable bonds is 4. The van der Waals surface area contributed by atoms with Gasteiger partial charge in [-0.25, -0.2) is 9.97 Å². The van der Waals surface area contributed by atoms with Crippen LogP contribution in [0.2, 0.25) is 0 Å². The van der Waals surface area contributed by atoms with Crippen LogP contribution < -0.4 is 15.1 Å². The summed E-state index contributed by atoms with van der Waals surface area (Å²) in [5, 5.41) is 16.6. The number of aryl methyl sites for hydroxylation is 1. The summed E-state index contributed by atoms with van der Waals surface area (Å²) in [5.41, 5.74) is 3.03. The first kappa shape index (κ1) is 20.0. The molecule has 3 aromatic rings. The van der Waals surface area contributed by atoms with Gasteiger partial charge in [-0.2, -0.15) is 10.4 Å². The minimum atomic E-state index is -0.0850. The van der Waals surface area contributed by atoms with Crippen LogP contribution in [0.3, 0.4) is 0 Å². The number of benzene rings is 1. The summed E-state index contributed by atoms with van der Waals surface area (Å²) >= 11 is 0. The quantitative estimate of drug-likeness (QED) is 0.678. The van der Waals surface area contributed by atoms with Gasteiger partial charge in [0.1, 0.15) is 11.6 Å². The predicted octanol–water partition coefficient (Wildman–Crippen LogP) is 1.97. The van der Waals surface area contributed by atoms with Gasteiger partial charge in [0.05, 0.1) is 18.0 Å². The van der Waals surface area contributed by atoms with Crippen molar-refractivity contribution in [3.05, 3.63) is 54.0 Å². The fraction of sp³-hybridized carbons (Fsp3) is 0.348. The molecule has 3 fully saturated rings. The lowest BCUT2D eigenvalue weighted by atomic mass is 9.89. The molecule has 0 unspecified atom stereocenters. The summed E-state index contributed by atoms with van der Waals surface area (Å²) in [6.45, 7) is 1.59. The van der Waals surface area contributed by atoms with E-state index in [1.54, 1.807) is 24.1 Å². The van der Waals surface area contributed by atoms with Gasteiger partial charge in [-0.3, -0.25) is 9.48 Å². The molecule has 0 spiro atoms. The van der Waals surface area contributed by atoms with Crippen molar-refractivity contribution < 1.29 is 4.79 Å². The van der Waals surface area contributed by atoms with E-state index >= 15 is 0 Å². The van der Waals surface area contributed by atoms with Crippen molar-refractivity contribution in [3.63, 3.8) is 0 Å². The summed E-state index contributed by atoms with van der Waals surface area (Å²) in [4.78, 5) is 25.9. The monoisotopic (exact) mass is 428 g/mol. The van der Waals surface area contributed by atoms with E-state index in [9.17, 15) is 10.1 Å². The third-order valence-electron chi connectivity index (χ3n) is 6.32. The molecule has 1 N–H and O–H groups in total. The van der Waals surface area contributed by atoms with Gasteiger partial charge in [0.15, 0.2) is 11.6 Å². The second kappa shape index (κ2) is 7.96. The zero-order valence-electron chi connectivity index (χ0n) is 18.1. The molecule has 1 aromatic carbocycles. The largest absolute Gasteiger partial charge is 0.365 e. The average Bonchev–Trinajstić information content (AvgIpc) is 3.29. The fourth-order valence-corrected chi connectivity index (χ4v) is 4.72. The van der Waals surface area contributed by atoms with Crippen molar-refractivity contribution in [2.24, 2.45) is 7.05 Å². The molecule has 6 rings (SSSR count). The minimum absolute atomic E-state index is 0.0850. The molecule has 9 heteroatoms. The molecule has 3 saturated heterocycles. The molecule has 1 amide bonds. The lowest BCUT2D eigenvalue weighted by molar-refractivity contribution is 0.0963. The van der Waals surface area contributed by atoms with Gasteiger partial charge in [-0.15, -0.1) is 0 Å². The number of fused-ring (bicyclic) bond motifs is 3. The lowest BCUT2D eigenvalue weighted by Gasteiger charge is -2.53. The first-order chi connectivity index (χ1) is 15.6. The number of anilines is 2. The Labute approximate surface area is 186 Å². The van der Waals surface area contributed by atoms with Crippen LogP contribution in [-0.2, 0) is 7.05 Å². The zero-order chi connectivity index (χ0) is 22.2. The Morgan fingerprint density at radius 2 is 1.97 bits per heavy atom. The van der Waals surface area contributed by atoms with Gasteiger partial charge < -0.3 is 15.1 Å². The number of nitriles is 1. The third kappa shape index (κ3) is 3.43. The number of nitrogens with one attached hydrogen (secondary N) is 1. The normalized spacial score (nSPS) is 19.7. The summed E-state index contributed by atoms with van der Waals surface area (Å²) in [6, 6.07) is 10.5. The van der Waals surface area contributed by atoms with Gasteiger partial charge in [0.25, 0.3) is 5.91 Å². The molecule has 2 atom stereocenters. The number of nitrogens with zero attached hydrogens (tertiary/aromatic N) is 7. The van der Waals surface area contributed by atoms with Crippen LogP contribution >= 0.6 is 0 Å².